The van der Waals surface area contributed by atoms with Crippen LogP contribution in [0.25, 0.3) is 0 Å². The molecule has 0 aliphatic heterocycles. The van der Waals surface area contributed by atoms with Gasteiger partial charge in [0.25, 0.3) is 0 Å². The molecule has 1 nitrogen and oxygen atoms in total. The van der Waals surface area contributed by atoms with E-state index < -0.39 is 0 Å². The van der Waals surface area contributed by atoms with Crippen molar-refractivity contribution >= 4 is 17.1 Å². The highest BCUT2D eigenvalue weighted by atomic mass is 32.1. The van der Waals surface area contributed by atoms with Gasteiger partial charge in [-0.1, -0.05) is 13.0 Å². The smallest absolute Gasteiger partial charge is 0.158 e. The van der Waals surface area contributed by atoms with E-state index in [-0.39, 0.29) is 0 Å². The Balaban J connectivity index is 1.77. The summed E-state index contributed by atoms with van der Waals surface area (Å²) >= 11 is 1.91. The van der Waals surface area contributed by atoms with Crippen LogP contribution in [-0.2, 0) is 17.6 Å². The molecule has 1 aliphatic rings. The Morgan fingerprint density at radius 2 is 2.06 bits per heavy atom. The van der Waals surface area contributed by atoms with E-state index in [1.807, 2.05) is 11.3 Å². The molecule has 0 amide bonds. The number of carbonyl (C=O) groups is 1. The largest absolute Gasteiger partial charge is 0.295 e. The molecule has 16 heavy (non-hydrogen) atoms. The fourth-order valence-electron chi connectivity index (χ4n) is 2.09. The van der Waals surface area contributed by atoms with Crippen LogP contribution in [0.1, 0.15) is 42.4 Å². The normalized spacial score (nSPS) is 15.6. The standard InChI is InChI=1S/C14H18OS/c1-2-12-9-10-13(16-12)7-3-5-11-6-4-8-14(11)15/h6,9-10H,2-5,7-8H2,1H3. The van der Waals surface area contributed by atoms with Crippen molar-refractivity contribution in [2.24, 2.45) is 0 Å². The van der Waals surface area contributed by atoms with Gasteiger partial charge in [0.15, 0.2) is 5.78 Å². The molecule has 2 rings (SSSR count). The zero-order valence-corrected chi connectivity index (χ0v) is 10.6. The van der Waals surface area contributed by atoms with Crippen LogP contribution >= 0.6 is 11.3 Å². The lowest BCUT2D eigenvalue weighted by Crippen LogP contribution is -1.96. The third-order valence-corrected chi connectivity index (χ3v) is 4.34. The van der Waals surface area contributed by atoms with E-state index >= 15 is 0 Å². The molecule has 0 saturated heterocycles. The summed E-state index contributed by atoms with van der Waals surface area (Å²) < 4.78 is 0. The summed E-state index contributed by atoms with van der Waals surface area (Å²) in [5, 5.41) is 0. The van der Waals surface area contributed by atoms with Gasteiger partial charge in [0.1, 0.15) is 0 Å². The highest BCUT2D eigenvalue weighted by Gasteiger charge is 2.14. The maximum absolute atomic E-state index is 11.4. The molecule has 2 heteroatoms. The van der Waals surface area contributed by atoms with E-state index in [1.54, 1.807) is 0 Å². The first-order valence-corrected chi connectivity index (χ1v) is 6.91. The number of hydrogen-bond donors (Lipinski definition) is 0. The molecule has 0 N–H and O–H groups in total. The molecule has 0 spiro atoms. The van der Waals surface area contributed by atoms with E-state index in [0.29, 0.717) is 5.78 Å². The molecular formula is C14H18OS. The van der Waals surface area contributed by atoms with Gasteiger partial charge in [-0.2, -0.15) is 0 Å². The second-order valence-corrected chi connectivity index (χ2v) is 5.52. The van der Waals surface area contributed by atoms with Crippen molar-refractivity contribution < 1.29 is 4.79 Å². The van der Waals surface area contributed by atoms with Gasteiger partial charge in [-0.25, -0.2) is 0 Å². The number of ketones is 1. The number of carbonyl (C=O) groups excluding carboxylic acids is 1. The first-order chi connectivity index (χ1) is 7.79. The number of Topliss-reactive ketones (excluding diaryl/α,β-unsaturated/α-hetero) is 1. The topological polar surface area (TPSA) is 17.1 Å². The Kier molecular flexibility index (Phi) is 3.94. The van der Waals surface area contributed by atoms with Gasteiger partial charge in [-0.3, -0.25) is 4.79 Å². The molecule has 0 saturated carbocycles. The molecule has 0 fully saturated rings. The Bertz CT molecular complexity index is 401. The number of allylic oxidation sites excluding steroid dienone is 2. The van der Waals surface area contributed by atoms with Gasteiger partial charge >= 0.3 is 0 Å². The van der Waals surface area contributed by atoms with Gasteiger partial charge in [0.2, 0.25) is 0 Å². The maximum atomic E-state index is 11.4. The van der Waals surface area contributed by atoms with Crippen molar-refractivity contribution in [2.45, 2.75) is 45.4 Å². The lowest BCUT2D eigenvalue weighted by atomic mass is 10.1. The molecule has 1 aliphatic carbocycles. The fourth-order valence-corrected chi connectivity index (χ4v) is 3.09. The molecule has 0 atom stereocenters. The number of thiophene rings is 1. The fraction of sp³-hybridized carbons (Fsp3) is 0.500. The van der Waals surface area contributed by atoms with Crippen molar-refractivity contribution in [3.05, 3.63) is 33.5 Å². The minimum absolute atomic E-state index is 0.375. The molecule has 86 valence electrons. The summed E-state index contributed by atoms with van der Waals surface area (Å²) in [5.41, 5.74) is 1.08. The van der Waals surface area contributed by atoms with Crippen molar-refractivity contribution in [1.82, 2.24) is 0 Å². The summed E-state index contributed by atoms with van der Waals surface area (Å²) in [6.45, 7) is 2.19. The monoisotopic (exact) mass is 234 g/mol. The number of rotatable bonds is 5. The minimum Gasteiger partial charge on any atom is -0.295 e. The Labute approximate surface area is 101 Å². The molecule has 1 aromatic heterocycles. The predicted octanol–water partition coefficient (Wildman–Crippen LogP) is 3.92. The summed E-state index contributed by atoms with van der Waals surface area (Å²) in [6.07, 6.45) is 8.17. The van der Waals surface area contributed by atoms with Crippen LogP contribution in [0, 0.1) is 0 Å². The lowest BCUT2D eigenvalue weighted by Gasteiger charge is -1.99. The van der Waals surface area contributed by atoms with Crippen LogP contribution < -0.4 is 0 Å². The quantitative estimate of drug-likeness (QED) is 0.754. The Morgan fingerprint density at radius 1 is 1.25 bits per heavy atom. The molecule has 0 unspecified atom stereocenters. The summed E-state index contributed by atoms with van der Waals surface area (Å²) in [5.74, 6) is 0.375. The van der Waals surface area contributed by atoms with Crippen LogP contribution in [0.15, 0.2) is 23.8 Å². The SMILES string of the molecule is CCc1ccc(CCCC2=CCCC2=O)s1. The van der Waals surface area contributed by atoms with E-state index in [1.165, 1.54) is 9.75 Å². The van der Waals surface area contributed by atoms with Crippen molar-refractivity contribution in [2.75, 3.05) is 0 Å². The highest BCUT2D eigenvalue weighted by molar-refractivity contribution is 7.11. The van der Waals surface area contributed by atoms with E-state index in [2.05, 4.69) is 25.1 Å². The summed E-state index contributed by atoms with van der Waals surface area (Å²) in [6, 6.07) is 4.45. The van der Waals surface area contributed by atoms with Crippen LogP contribution in [-0.4, -0.2) is 5.78 Å². The minimum atomic E-state index is 0.375. The highest BCUT2D eigenvalue weighted by Crippen LogP contribution is 2.22. The number of aryl methyl sites for hydroxylation is 2. The van der Waals surface area contributed by atoms with E-state index in [0.717, 1.165) is 44.1 Å². The Morgan fingerprint density at radius 3 is 2.69 bits per heavy atom. The number of hydrogen-bond acceptors (Lipinski definition) is 2. The second kappa shape index (κ2) is 5.44. The van der Waals surface area contributed by atoms with Crippen LogP contribution in [0.3, 0.4) is 0 Å². The van der Waals surface area contributed by atoms with Gasteiger partial charge in [-0.15, -0.1) is 11.3 Å². The van der Waals surface area contributed by atoms with Gasteiger partial charge in [-0.05, 0) is 49.8 Å². The molecule has 0 aromatic carbocycles. The average Bonchev–Trinajstić information content (AvgIpc) is 2.89. The Hall–Kier alpha value is -0.890. The average molecular weight is 234 g/mol. The second-order valence-electron chi connectivity index (χ2n) is 4.27. The van der Waals surface area contributed by atoms with Crippen LogP contribution in [0.5, 0.6) is 0 Å². The lowest BCUT2D eigenvalue weighted by molar-refractivity contribution is -0.115. The third-order valence-electron chi connectivity index (χ3n) is 3.06. The van der Waals surface area contributed by atoms with Crippen molar-refractivity contribution in [3.63, 3.8) is 0 Å². The molecule has 0 bridgehead atoms. The van der Waals surface area contributed by atoms with Gasteiger partial charge < -0.3 is 0 Å². The zero-order chi connectivity index (χ0) is 11.4. The van der Waals surface area contributed by atoms with Gasteiger partial charge in [0, 0.05) is 16.2 Å². The van der Waals surface area contributed by atoms with E-state index in [4.69, 9.17) is 0 Å². The molecule has 0 radical (unpaired) electrons. The van der Waals surface area contributed by atoms with Crippen molar-refractivity contribution in [1.29, 1.82) is 0 Å². The van der Waals surface area contributed by atoms with Crippen LogP contribution in [0.4, 0.5) is 0 Å². The molecule has 1 heterocycles. The first kappa shape index (κ1) is 11.6. The van der Waals surface area contributed by atoms with Crippen molar-refractivity contribution in [3.8, 4) is 0 Å². The van der Waals surface area contributed by atoms with E-state index in [9.17, 15) is 4.79 Å². The predicted molar refractivity (Wildman–Crippen MR) is 69.0 cm³/mol. The summed E-state index contributed by atoms with van der Waals surface area (Å²) in [7, 11) is 0. The van der Waals surface area contributed by atoms with Gasteiger partial charge in [0.05, 0.1) is 0 Å². The molecular weight excluding hydrogens is 216 g/mol. The zero-order valence-electron chi connectivity index (χ0n) is 9.79. The summed E-state index contributed by atoms with van der Waals surface area (Å²) in [4.78, 5) is 14.3. The van der Waals surface area contributed by atoms with Crippen LogP contribution in [0.2, 0.25) is 0 Å². The maximum Gasteiger partial charge on any atom is 0.158 e. The third kappa shape index (κ3) is 2.82. The molecule has 1 aromatic rings. The first-order valence-electron chi connectivity index (χ1n) is 6.09.